The third-order valence-electron chi connectivity index (χ3n) is 4.86. The second-order valence-electron chi connectivity index (χ2n) is 7.76. The second kappa shape index (κ2) is 10.8. The number of carbonyl (C=O) groups excluding carboxylic acids is 1. The zero-order chi connectivity index (χ0) is 24.1. The normalized spacial score (nSPS) is 15.3. The summed E-state index contributed by atoms with van der Waals surface area (Å²) in [6.07, 6.45) is -0.579. The van der Waals surface area contributed by atoms with Crippen molar-refractivity contribution in [2.75, 3.05) is 31.5 Å². The predicted octanol–water partition coefficient (Wildman–Crippen LogP) is 3.34. The molecule has 2 aromatic carbocycles. The van der Waals surface area contributed by atoms with Crippen molar-refractivity contribution >= 4 is 17.3 Å². The lowest BCUT2D eigenvalue weighted by Crippen LogP contribution is -2.67. The highest BCUT2D eigenvalue weighted by molar-refractivity contribution is 6.01. The summed E-state index contributed by atoms with van der Waals surface area (Å²) in [6, 6.07) is 6.16. The van der Waals surface area contributed by atoms with Gasteiger partial charge in [-0.25, -0.2) is 13.2 Å². The Morgan fingerprint density at radius 1 is 1.16 bits per heavy atom. The molecule has 0 saturated carbocycles. The van der Waals surface area contributed by atoms with Gasteiger partial charge in [-0.05, 0) is 43.7 Å². The predicted molar refractivity (Wildman–Crippen MR) is 118 cm³/mol. The molecule has 1 heterocycles. The van der Waals surface area contributed by atoms with Gasteiger partial charge in [0.2, 0.25) is 0 Å². The molecule has 0 aromatic heterocycles. The number of nitrogens with zero attached hydrogens (tertiary/aromatic N) is 1. The van der Waals surface area contributed by atoms with Gasteiger partial charge in [-0.2, -0.15) is 0 Å². The first-order valence-corrected chi connectivity index (χ1v) is 10.5. The summed E-state index contributed by atoms with van der Waals surface area (Å²) in [6.45, 7) is 7.70. The van der Waals surface area contributed by atoms with Gasteiger partial charge in [0.1, 0.15) is 11.4 Å². The molecule has 4 N–H and O–H groups in total. The molecular formula is C23H30F3N3O3. The van der Waals surface area contributed by atoms with Crippen molar-refractivity contribution in [2.24, 2.45) is 0 Å². The van der Waals surface area contributed by atoms with Gasteiger partial charge in [0, 0.05) is 13.1 Å². The molecule has 9 heteroatoms. The summed E-state index contributed by atoms with van der Waals surface area (Å²) in [7, 11) is 0. The molecule has 1 fully saturated rings. The summed E-state index contributed by atoms with van der Waals surface area (Å²) >= 11 is 0. The van der Waals surface area contributed by atoms with Gasteiger partial charge in [0.25, 0.3) is 5.91 Å². The van der Waals surface area contributed by atoms with Crippen LogP contribution in [0, 0.1) is 24.4 Å². The SMILES string of the molecule is CC.Cc1ccc(Nc2c(C(=O)N3CC(O)(CNCC(C)O)C3)ccc(F)c2F)c(F)c1. The zero-order valence-corrected chi connectivity index (χ0v) is 18.7. The van der Waals surface area contributed by atoms with Gasteiger partial charge in [-0.3, -0.25) is 4.79 Å². The molecule has 6 nitrogen and oxygen atoms in total. The Morgan fingerprint density at radius 3 is 2.41 bits per heavy atom. The van der Waals surface area contributed by atoms with Crippen LogP contribution in [0.5, 0.6) is 0 Å². The molecule has 1 unspecified atom stereocenters. The quantitative estimate of drug-likeness (QED) is 0.517. The van der Waals surface area contributed by atoms with Crippen molar-refractivity contribution in [2.45, 2.75) is 39.4 Å². The number of β-amino-alcohol motifs (C(OH)–C–C–N with tert-alkyl or cyclic N) is 1. The molecule has 176 valence electrons. The van der Waals surface area contributed by atoms with Crippen LogP contribution in [0.15, 0.2) is 30.3 Å². The second-order valence-corrected chi connectivity index (χ2v) is 7.76. The Bertz CT molecular complexity index is 948. The maximum atomic E-state index is 14.5. The fraction of sp³-hybridized carbons (Fsp3) is 0.435. The summed E-state index contributed by atoms with van der Waals surface area (Å²) in [5, 5.41) is 25.1. The number of halogens is 3. The first kappa shape index (κ1) is 25.6. The first-order chi connectivity index (χ1) is 15.1. The minimum Gasteiger partial charge on any atom is -0.392 e. The number of likely N-dealkylation sites (tertiary alicyclic amines) is 1. The Morgan fingerprint density at radius 2 is 1.81 bits per heavy atom. The number of aryl methyl sites for hydroxylation is 1. The maximum Gasteiger partial charge on any atom is 0.256 e. The Labute approximate surface area is 186 Å². The van der Waals surface area contributed by atoms with E-state index in [1.54, 1.807) is 19.9 Å². The molecule has 32 heavy (non-hydrogen) atoms. The molecule has 0 aliphatic carbocycles. The Kier molecular flexibility index (Phi) is 8.65. The summed E-state index contributed by atoms with van der Waals surface area (Å²) in [5.74, 6) is -3.76. The fourth-order valence-corrected chi connectivity index (χ4v) is 3.31. The maximum absolute atomic E-state index is 14.5. The zero-order valence-electron chi connectivity index (χ0n) is 18.7. The van der Waals surface area contributed by atoms with Crippen LogP contribution in [-0.4, -0.2) is 58.9 Å². The topological polar surface area (TPSA) is 84.8 Å². The van der Waals surface area contributed by atoms with E-state index in [0.29, 0.717) is 5.56 Å². The van der Waals surface area contributed by atoms with E-state index in [4.69, 9.17) is 0 Å². The number of hydrogen-bond acceptors (Lipinski definition) is 5. The van der Waals surface area contributed by atoms with Crippen molar-refractivity contribution in [3.63, 3.8) is 0 Å². The molecule has 1 aliphatic rings. The lowest BCUT2D eigenvalue weighted by Gasteiger charge is -2.46. The Hall–Kier alpha value is -2.62. The van der Waals surface area contributed by atoms with E-state index in [1.165, 1.54) is 17.0 Å². The summed E-state index contributed by atoms with van der Waals surface area (Å²) in [5.41, 5.74) is -1.27. The van der Waals surface area contributed by atoms with Crippen molar-refractivity contribution in [1.82, 2.24) is 10.2 Å². The van der Waals surface area contributed by atoms with E-state index in [9.17, 15) is 28.2 Å². The number of hydrogen-bond donors (Lipinski definition) is 4. The highest BCUT2D eigenvalue weighted by Gasteiger charge is 2.44. The fourth-order valence-electron chi connectivity index (χ4n) is 3.31. The molecule has 1 atom stereocenters. The van der Waals surface area contributed by atoms with E-state index >= 15 is 0 Å². The third-order valence-corrected chi connectivity index (χ3v) is 4.86. The van der Waals surface area contributed by atoms with Crippen LogP contribution in [0.2, 0.25) is 0 Å². The van der Waals surface area contributed by atoms with Crippen molar-refractivity contribution in [1.29, 1.82) is 0 Å². The largest absolute Gasteiger partial charge is 0.392 e. The minimum absolute atomic E-state index is 0.0179. The van der Waals surface area contributed by atoms with Crippen LogP contribution in [0.25, 0.3) is 0 Å². The van der Waals surface area contributed by atoms with Gasteiger partial charge >= 0.3 is 0 Å². The number of rotatable bonds is 7. The highest BCUT2D eigenvalue weighted by Crippen LogP contribution is 2.31. The number of benzene rings is 2. The van der Waals surface area contributed by atoms with Crippen LogP contribution < -0.4 is 10.6 Å². The standard InChI is InChI=1S/C21H24F3N3O3.C2H6/c1-12-3-6-17(16(23)7-12)26-19-14(4-5-15(22)18(19)24)20(29)27-10-21(30,11-27)9-25-8-13(2)28;1-2/h3-7,13,25-26,28,30H,8-11H2,1-2H3;1-2H3. The monoisotopic (exact) mass is 453 g/mol. The van der Waals surface area contributed by atoms with Crippen molar-refractivity contribution < 1.29 is 28.2 Å². The molecular weight excluding hydrogens is 423 g/mol. The number of carbonyl (C=O) groups is 1. The van der Waals surface area contributed by atoms with E-state index in [2.05, 4.69) is 10.6 Å². The number of aliphatic hydroxyl groups is 2. The van der Waals surface area contributed by atoms with Crippen LogP contribution in [-0.2, 0) is 0 Å². The molecule has 3 rings (SSSR count). The number of anilines is 2. The average molecular weight is 454 g/mol. The molecule has 0 spiro atoms. The number of aliphatic hydroxyl groups excluding tert-OH is 1. The van der Waals surface area contributed by atoms with Crippen molar-refractivity contribution in [3.05, 3.63) is 58.9 Å². The third kappa shape index (κ3) is 5.99. The molecule has 2 aromatic rings. The lowest BCUT2D eigenvalue weighted by molar-refractivity contribution is -0.0792. The van der Waals surface area contributed by atoms with Gasteiger partial charge in [-0.15, -0.1) is 0 Å². The Balaban J connectivity index is 0.00000176. The van der Waals surface area contributed by atoms with E-state index < -0.39 is 40.8 Å². The molecule has 1 saturated heterocycles. The van der Waals surface area contributed by atoms with Gasteiger partial charge in [-0.1, -0.05) is 19.9 Å². The highest BCUT2D eigenvalue weighted by atomic mass is 19.2. The molecule has 0 bridgehead atoms. The van der Waals surface area contributed by atoms with E-state index in [-0.39, 0.29) is 37.4 Å². The van der Waals surface area contributed by atoms with Crippen LogP contribution >= 0.6 is 0 Å². The smallest absolute Gasteiger partial charge is 0.256 e. The van der Waals surface area contributed by atoms with Crippen LogP contribution in [0.1, 0.15) is 36.7 Å². The van der Waals surface area contributed by atoms with Gasteiger partial charge in [0.05, 0.1) is 36.1 Å². The van der Waals surface area contributed by atoms with Crippen LogP contribution in [0.3, 0.4) is 0 Å². The molecule has 0 radical (unpaired) electrons. The first-order valence-electron chi connectivity index (χ1n) is 10.5. The van der Waals surface area contributed by atoms with Gasteiger partial charge in [0.15, 0.2) is 11.6 Å². The lowest BCUT2D eigenvalue weighted by atomic mass is 9.92. The van der Waals surface area contributed by atoms with E-state index in [0.717, 1.165) is 12.1 Å². The van der Waals surface area contributed by atoms with E-state index in [1.807, 2.05) is 13.8 Å². The minimum atomic E-state index is -1.30. The van der Waals surface area contributed by atoms with Crippen molar-refractivity contribution in [3.8, 4) is 0 Å². The molecule has 1 aliphatic heterocycles. The molecule has 1 amide bonds. The number of amides is 1. The van der Waals surface area contributed by atoms with Crippen LogP contribution in [0.4, 0.5) is 24.5 Å². The average Bonchev–Trinajstić information content (AvgIpc) is 2.72. The summed E-state index contributed by atoms with van der Waals surface area (Å²) < 4.78 is 42.5. The summed E-state index contributed by atoms with van der Waals surface area (Å²) in [4.78, 5) is 14.1. The number of nitrogens with one attached hydrogen (secondary N) is 2. The van der Waals surface area contributed by atoms with Gasteiger partial charge < -0.3 is 25.7 Å².